The van der Waals surface area contributed by atoms with Gasteiger partial charge in [-0.05, 0) is 30.5 Å². The van der Waals surface area contributed by atoms with Crippen LogP contribution in [0.25, 0.3) is 0 Å². The number of amides is 1. The predicted molar refractivity (Wildman–Crippen MR) is 74.7 cm³/mol. The number of hydrogen-bond acceptors (Lipinski definition) is 2. The number of nitrogens with one attached hydrogen (secondary N) is 2. The Kier molecular flexibility index (Phi) is 4.34. The zero-order valence-corrected chi connectivity index (χ0v) is 11.3. The van der Waals surface area contributed by atoms with Gasteiger partial charge >= 0.3 is 0 Å². The standard InChI is InChI=1S/C15H19N3O/c1-3-12-4-6-13(7-5-12)11(2)17-15(19)10-14-8-9-16-18-14/h4-9,11H,3,10H2,1-2H3,(H,16,18)(H,17,19). The number of carbonyl (C=O) groups is 1. The lowest BCUT2D eigenvalue weighted by Crippen LogP contribution is -2.28. The number of nitrogens with zero attached hydrogens (tertiary/aromatic N) is 1. The molecule has 1 amide bonds. The van der Waals surface area contributed by atoms with Crippen LogP contribution >= 0.6 is 0 Å². The molecule has 0 fully saturated rings. The van der Waals surface area contributed by atoms with Gasteiger partial charge in [-0.1, -0.05) is 31.2 Å². The summed E-state index contributed by atoms with van der Waals surface area (Å²) < 4.78 is 0. The Bertz CT molecular complexity index is 517. The lowest BCUT2D eigenvalue weighted by Gasteiger charge is -2.14. The van der Waals surface area contributed by atoms with Crippen molar-refractivity contribution < 1.29 is 4.79 Å². The number of aromatic amines is 1. The van der Waals surface area contributed by atoms with Crippen LogP contribution in [0, 0.1) is 0 Å². The smallest absolute Gasteiger partial charge is 0.226 e. The van der Waals surface area contributed by atoms with E-state index in [-0.39, 0.29) is 11.9 Å². The molecular formula is C15H19N3O. The minimum Gasteiger partial charge on any atom is -0.349 e. The molecule has 100 valence electrons. The molecule has 4 heteroatoms. The minimum absolute atomic E-state index is 0.00341. The number of aromatic nitrogens is 2. The van der Waals surface area contributed by atoms with Gasteiger partial charge in [0, 0.05) is 11.9 Å². The molecule has 2 aromatic rings. The molecule has 0 aliphatic heterocycles. The Morgan fingerprint density at radius 3 is 2.63 bits per heavy atom. The quantitative estimate of drug-likeness (QED) is 0.864. The van der Waals surface area contributed by atoms with Crippen LogP contribution < -0.4 is 5.32 Å². The van der Waals surface area contributed by atoms with Crippen molar-refractivity contribution in [2.45, 2.75) is 32.7 Å². The average molecular weight is 257 g/mol. The Morgan fingerprint density at radius 1 is 1.32 bits per heavy atom. The van der Waals surface area contributed by atoms with Crippen molar-refractivity contribution in [1.82, 2.24) is 15.5 Å². The highest BCUT2D eigenvalue weighted by Crippen LogP contribution is 2.13. The Morgan fingerprint density at radius 2 is 2.05 bits per heavy atom. The van der Waals surface area contributed by atoms with E-state index in [2.05, 4.69) is 46.7 Å². The summed E-state index contributed by atoms with van der Waals surface area (Å²) in [6.45, 7) is 4.12. The lowest BCUT2D eigenvalue weighted by atomic mass is 10.0. The molecule has 1 heterocycles. The normalized spacial score (nSPS) is 12.1. The van der Waals surface area contributed by atoms with Gasteiger partial charge in [-0.25, -0.2) is 0 Å². The second kappa shape index (κ2) is 6.18. The van der Waals surface area contributed by atoms with Crippen molar-refractivity contribution in [3.8, 4) is 0 Å². The summed E-state index contributed by atoms with van der Waals surface area (Å²) >= 11 is 0. The Hall–Kier alpha value is -2.10. The van der Waals surface area contributed by atoms with Gasteiger partial charge in [-0.2, -0.15) is 5.10 Å². The third-order valence-electron chi connectivity index (χ3n) is 3.17. The van der Waals surface area contributed by atoms with Crippen molar-refractivity contribution in [3.05, 3.63) is 53.3 Å². The number of carbonyl (C=O) groups excluding carboxylic acids is 1. The number of rotatable bonds is 5. The van der Waals surface area contributed by atoms with Crippen LogP contribution in [0.5, 0.6) is 0 Å². The second-order valence-corrected chi connectivity index (χ2v) is 4.64. The molecule has 2 rings (SSSR count). The largest absolute Gasteiger partial charge is 0.349 e. The van der Waals surface area contributed by atoms with Gasteiger partial charge < -0.3 is 5.32 Å². The molecule has 4 nitrogen and oxygen atoms in total. The Balaban J connectivity index is 1.92. The molecule has 19 heavy (non-hydrogen) atoms. The molecule has 0 saturated heterocycles. The summed E-state index contributed by atoms with van der Waals surface area (Å²) in [6.07, 6.45) is 3.01. The molecule has 0 spiro atoms. The van der Waals surface area contributed by atoms with E-state index < -0.39 is 0 Å². The van der Waals surface area contributed by atoms with Crippen LogP contribution in [0.4, 0.5) is 0 Å². The molecule has 1 unspecified atom stereocenters. The van der Waals surface area contributed by atoms with Crippen molar-refractivity contribution >= 4 is 5.91 Å². The summed E-state index contributed by atoms with van der Waals surface area (Å²) in [7, 11) is 0. The van der Waals surface area contributed by atoms with Crippen molar-refractivity contribution in [1.29, 1.82) is 0 Å². The summed E-state index contributed by atoms with van der Waals surface area (Å²) in [6, 6.07) is 10.2. The lowest BCUT2D eigenvalue weighted by molar-refractivity contribution is -0.121. The molecule has 1 atom stereocenters. The van der Waals surface area contributed by atoms with Crippen LogP contribution in [-0.4, -0.2) is 16.1 Å². The third-order valence-corrected chi connectivity index (χ3v) is 3.17. The second-order valence-electron chi connectivity index (χ2n) is 4.64. The number of aryl methyl sites for hydroxylation is 1. The number of benzene rings is 1. The van der Waals surface area contributed by atoms with E-state index >= 15 is 0 Å². The molecule has 1 aromatic carbocycles. The van der Waals surface area contributed by atoms with Gasteiger partial charge in [0.25, 0.3) is 0 Å². The van der Waals surface area contributed by atoms with Gasteiger partial charge in [0.05, 0.1) is 12.5 Å². The summed E-state index contributed by atoms with van der Waals surface area (Å²) in [5.41, 5.74) is 3.25. The monoisotopic (exact) mass is 257 g/mol. The summed E-state index contributed by atoms with van der Waals surface area (Å²) in [5.74, 6) is -0.00341. The summed E-state index contributed by atoms with van der Waals surface area (Å²) in [4.78, 5) is 11.9. The molecule has 0 aliphatic rings. The maximum Gasteiger partial charge on any atom is 0.226 e. The highest BCUT2D eigenvalue weighted by molar-refractivity contribution is 5.78. The van der Waals surface area contributed by atoms with Crippen LogP contribution in [-0.2, 0) is 17.6 Å². The van der Waals surface area contributed by atoms with Crippen LogP contribution in [0.15, 0.2) is 36.5 Å². The van der Waals surface area contributed by atoms with Gasteiger partial charge in [0.1, 0.15) is 0 Å². The van der Waals surface area contributed by atoms with Gasteiger partial charge in [0.15, 0.2) is 0 Å². The van der Waals surface area contributed by atoms with Gasteiger partial charge in [-0.15, -0.1) is 0 Å². The highest BCUT2D eigenvalue weighted by Gasteiger charge is 2.10. The fourth-order valence-corrected chi connectivity index (χ4v) is 1.97. The van der Waals surface area contributed by atoms with Crippen LogP contribution in [0.3, 0.4) is 0 Å². The van der Waals surface area contributed by atoms with E-state index in [1.165, 1.54) is 5.56 Å². The van der Waals surface area contributed by atoms with Gasteiger partial charge in [0.2, 0.25) is 5.91 Å². The fourth-order valence-electron chi connectivity index (χ4n) is 1.97. The van der Waals surface area contributed by atoms with Crippen LogP contribution in [0.1, 0.15) is 36.7 Å². The van der Waals surface area contributed by atoms with Crippen molar-refractivity contribution in [2.75, 3.05) is 0 Å². The zero-order valence-electron chi connectivity index (χ0n) is 11.3. The molecule has 2 N–H and O–H groups in total. The fraction of sp³-hybridized carbons (Fsp3) is 0.333. The molecule has 0 aliphatic carbocycles. The number of H-pyrrole nitrogens is 1. The SMILES string of the molecule is CCc1ccc(C(C)NC(=O)Cc2ccn[nH]2)cc1. The first kappa shape index (κ1) is 13.3. The minimum atomic E-state index is -0.00341. The van der Waals surface area contributed by atoms with E-state index in [0.29, 0.717) is 6.42 Å². The molecule has 0 saturated carbocycles. The zero-order chi connectivity index (χ0) is 13.7. The first-order valence-corrected chi connectivity index (χ1v) is 6.55. The van der Waals surface area contributed by atoms with E-state index in [1.807, 2.05) is 6.92 Å². The van der Waals surface area contributed by atoms with Gasteiger partial charge in [-0.3, -0.25) is 9.89 Å². The average Bonchev–Trinajstić information content (AvgIpc) is 2.91. The number of hydrogen-bond donors (Lipinski definition) is 2. The van der Waals surface area contributed by atoms with Crippen molar-refractivity contribution in [3.63, 3.8) is 0 Å². The predicted octanol–water partition coefficient (Wildman–Crippen LogP) is 2.39. The van der Waals surface area contributed by atoms with E-state index in [0.717, 1.165) is 17.7 Å². The molecule has 0 bridgehead atoms. The van der Waals surface area contributed by atoms with E-state index in [9.17, 15) is 4.79 Å². The molecule has 0 radical (unpaired) electrons. The molecule has 1 aromatic heterocycles. The van der Waals surface area contributed by atoms with Crippen LogP contribution in [0.2, 0.25) is 0 Å². The van der Waals surface area contributed by atoms with E-state index in [1.54, 1.807) is 12.3 Å². The highest BCUT2D eigenvalue weighted by atomic mass is 16.1. The van der Waals surface area contributed by atoms with E-state index in [4.69, 9.17) is 0 Å². The topological polar surface area (TPSA) is 57.8 Å². The molecular weight excluding hydrogens is 238 g/mol. The van der Waals surface area contributed by atoms with Crippen molar-refractivity contribution in [2.24, 2.45) is 0 Å². The third kappa shape index (κ3) is 3.68. The summed E-state index contributed by atoms with van der Waals surface area (Å²) in [5, 5.41) is 9.60. The maximum atomic E-state index is 11.9. The first-order chi connectivity index (χ1) is 9.19. The first-order valence-electron chi connectivity index (χ1n) is 6.55. The maximum absolute atomic E-state index is 11.9. The Labute approximate surface area is 113 Å².